The molecule has 3 saturated carbocycles. The van der Waals surface area contributed by atoms with E-state index in [1.807, 2.05) is 26.0 Å². The fraction of sp³-hybridized carbons (Fsp3) is 0.759. The number of rotatable bonds is 1. The number of hydrogen-bond acceptors (Lipinski definition) is 5. The summed E-state index contributed by atoms with van der Waals surface area (Å²) in [6.45, 7) is 13.2. The minimum Gasteiger partial charge on any atom is -0.295 e. The standard InChI is InChI=1S/C29H41N3O2/c1-25(2)11-12-29(32-31)10-7-18-23(19(29)15-25)20(33)13-22-27(18,5)9-8-21-26(3,4)24(34)17(16-30)14-28(21,22)6/h13-14,18-19,21,23,32H,7-12,15,31H2,1-6H3. The van der Waals surface area contributed by atoms with E-state index in [0.717, 1.165) is 44.9 Å². The Morgan fingerprint density at radius 2 is 1.71 bits per heavy atom. The van der Waals surface area contributed by atoms with Crippen molar-refractivity contribution in [2.45, 2.75) is 92.0 Å². The highest BCUT2D eigenvalue weighted by molar-refractivity contribution is 6.04. The summed E-state index contributed by atoms with van der Waals surface area (Å²) in [7, 11) is 0. The van der Waals surface area contributed by atoms with Gasteiger partial charge in [-0.25, -0.2) is 0 Å². The molecule has 0 radical (unpaired) electrons. The zero-order valence-electron chi connectivity index (χ0n) is 21.8. The van der Waals surface area contributed by atoms with Crippen molar-refractivity contribution in [3.05, 3.63) is 23.3 Å². The van der Waals surface area contributed by atoms with Crippen LogP contribution in [0.15, 0.2) is 23.3 Å². The zero-order chi connectivity index (χ0) is 24.9. The van der Waals surface area contributed by atoms with Gasteiger partial charge in [0.15, 0.2) is 11.6 Å². The van der Waals surface area contributed by atoms with Crippen LogP contribution in [-0.4, -0.2) is 17.1 Å². The molecular formula is C29H41N3O2. The molecule has 0 saturated heterocycles. The number of hydrogen-bond donors (Lipinski definition) is 2. The van der Waals surface area contributed by atoms with Crippen molar-refractivity contribution < 1.29 is 9.59 Å². The molecule has 5 aliphatic carbocycles. The fourth-order valence-corrected chi connectivity index (χ4v) is 9.52. The lowest BCUT2D eigenvalue weighted by Crippen LogP contribution is -2.67. The third kappa shape index (κ3) is 2.91. The Morgan fingerprint density at radius 3 is 2.35 bits per heavy atom. The smallest absolute Gasteiger partial charge is 0.178 e. The summed E-state index contributed by atoms with van der Waals surface area (Å²) in [5.74, 6) is 6.98. The van der Waals surface area contributed by atoms with Crippen molar-refractivity contribution in [2.75, 3.05) is 0 Å². The van der Waals surface area contributed by atoms with Crippen LogP contribution >= 0.6 is 0 Å². The van der Waals surface area contributed by atoms with Gasteiger partial charge in [-0.05, 0) is 79.6 Å². The van der Waals surface area contributed by atoms with Gasteiger partial charge in [-0.1, -0.05) is 53.2 Å². The Labute approximate surface area is 204 Å². The van der Waals surface area contributed by atoms with Gasteiger partial charge in [-0.3, -0.25) is 20.9 Å². The number of carbonyl (C=O) groups excluding carboxylic acids is 2. The van der Waals surface area contributed by atoms with Crippen LogP contribution in [0.4, 0.5) is 0 Å². The Balaban J connectivity index is 1.65. The van der Waals surface area contributed by atoms with E-state index in [1.54, 1.807) is 0 Å². The molecule has 0 aromatic rings. The van der Waals surface area contributed by atoms with Crippen LogP contribution in [-0.2, 0) is 9.59 Å². The second-order valence-electron chi connectivity index (χ2n) is 13.9. The monoisotopic (exact) mass is 463 g/mol. The Bertz CT molecular complexity index is 1060. The summed E-state index contributed by atoms with van der Waals surface area (Å²) in [6.07, 6.45) is 11.0. The van der Waals surface area contributed by atoms with Crippen LogP contribution in [0.1, 0.15) is 86.5 Å². The number of hydrazine groups is 1. The van der Waals surface area contributed by atoms with Gasteiger partial charge in [-0.2, -0.15) is 5.26 Å². The quantitative estimate of drug-likeness (QED) is 0.420. The van der Waals surface area contributed by atoms with Crippen LogP contribution in [0, 0.1) is 56.7 Å². The number of nitriles is 1. The number of ketones is 2. The molecule has 0 amide bonds. The van der Waals surface area contributed by atoms with Crippen LogP contribution < -0.4 is 11.3 Å². The Kier molecular flexibility index (Phi) is 5.03. The number of nitrogens with two attached hydrogens (primary N) is 1. The minimum absolute atomic E-state index is 0.0177. The average molecular weight is 464 g/mol. The number of nitrogens with one attached hydrogen (secondary N) is 1. The van der Waals surface area contributed by atoms with Crippen molar-refractivity contribution in [1.29, 1.82) is 5.26 Å². The van der Waals surface area contributed by atoms with E-state index in [-0.39, 0.29) is 57.2 Å². The van der Waals surface area contributed by atoms with E-state index in [0.29, 0.717) is 0 Å². The normalized spacial score (nSPS) is 46.6. The maximum atomic E-state index is 14.0. The van der Waals surface area contributed by atoms with Crippen molar-refractivity contribution in [1.82, 2.24) is 5.43 Å². The van der Waals surface area contributed by atoms with Crippen molar-refractivity contribution in [2.24, 2.45) is 51.2 Å². The summed E-state index contributed by atoms with van der Waals surface area (Å²) in [6, 6.07) is 2.18. The lowest BCUT2D eigenvalue weighted by molar-refractivity contribution is -0.142. The van der Waals surface area contributed by atoms with E-state index in [9.17, 15) is 14.9 Å². The minimum atomic E-state index is -0.616. The van der Waals surface area contributed by atoms with Crippen LogP contribution in [0.3, 0.4) is 0 Å². The maximum absolute atomic E-state index is 14.0. The largest absolute Gasteiger partial charge is 0.295 e. The molecule has 7 atom stereocenters. The number of carbonyl (C=O) groups is 2. The average Bonchev–Trinajstić information content (AvgIpc) is 2.77. The lowest BCUT2D eigenvalue weighted by Gasteiger charge is -2.65. The summed E-state index contributed by atoms with van der Waals surface area (Å²) in [5, 5.41) is 9.79. The first kappa shape index (κ1) is 23.9. The zero-order valence-corrected chi connectivity index (χ0v) is 21.8. The van der Waals surface area contributed by atoms with Gasteiger partial charge >= 0.3 is 0 Å². The third-order valence-corrected chi connectivity index (χ3v) is 11.4. The van der Waals surface area contributed by atoms with E-state index in [1.165, 1.54) is 5.57 Å². The van der Waals surface area contributed by atoms with E-state index in [2.05, 4.69) is 39.2 Å². The first-order valence-corrected chi connectivity index (χ1v) is 13.2. The maximum Gasteiger partial charge on any atom is 0.178 e. The van der Waals surface area contributed by atoms with Gasteiger partial charge in [0.2, 0.25) is 0 Å². The van der Waals surface area contributed by atoms with Crippen molar-refractivity contribution >= 4 is 11.6 Å². The fourth-order valence-electron chi connectivity index (χ4n) is 9.52. The molecule has 7 unspecified atom stereocenters. The number of Topliss-reactive ketones (excluding diaryl/α,β-unsaturated/α-hetero) is 1. The van der Waals surface area contributed by atoms with Crippen LogP contribution in [0.25, 0.3) is 0 Å². The second-order valence-corrected chi connectivity index (χ2v) is 13.9. The molecule has 3 fully saturated rings. The SMILES string of the molecule is CC1(C)CCC2(NN)CCC3C(C(=O)C=C4C5(C)C=C(C#N)C(=O)C(C)(C)C5CCC43C)C2C1. The summed E-state index contributed by atoms with van der Waals surface area (Å²) in [4.78, 5) is 27.1. The molecule has 184 valence electrons. The van der Waals surface area contributed by atoms with Crippen LogP contribution in [0.5, 0.6) is 0 Å². The van der Waals surface area contributed by atoms with Crippen molar-refractivity contribution in [3.63, 3.8) is 0 Å². The second kappa shape index (κ2) is 7.14. The summed E-state index contributed by atoms with van der Waals surface area (Å²) < 4.78 is 0. The first-order valence-electron chi connectivity index (χ1n) is 13.2. The predicted molar refractivity (Wildman–Crippen MR) is 132 cm³/mol. The molecule has 5 heteroatoms. The highest BCUT2D eigenvalue weighted by Gasteiger charge is 2.65. The predicted octanol–water partition coefficient (Wildman–Crippen LogP) is 5.03. The van der Waals surface area contributed by atoms with Crippen molar-refractivity contribution in [3.8, 4) is 6.07 Å². The highest BCUT2D eigenvalue weighted by atomic mass is 16.1. The van der Waals surface area contributed by atoms with Crippen LogP contribution in [0.2, 0.25) is 0 Å². The molecule has 34 heavy (non-hydrogen) atoms. The van der Waals surface area contributed by atoms with E-state index in [4.69, 9.17) is 5.84 Å². The molecule has 0 aliphatic heterocycles. The summed E-state index contributed by atoms with van der Waals surface area (Å²) >= 11 is 0. The van der Waals surface area contributed by atoms with Gasteiger partial charge in [-0.15, -0.1) is 0 Å². The molecule has 5 nitrogen and oxygen atoms in total. The number of fused-ring (bicyclic) bond motifs is 7. The topological polar surface area (TPSA) is 96.0 Å². The molecule has 0 spiro atoms. The number of nitrogens with zero attached hydrogens (tertiary/aromatic N) is 1. The van der Waals surface area contributed by atoms with Gasteiger partial charge < -0.3 is 0 Å². The molecule has 0 aromatic carbocycles. The molecule has 0 bridgehead atoms. The Hall–Kier alpha value is -1.77. The third-order valence-electron chi connectivity index (χ3n) is 11.4. The molecule has 5 rings (SSSR count). The van der Waals surface area contributed by atoms with Gasteiger partial charge in [0.25, 0.3) is 0 Å². The summed E-state index contributed by atoms with van der Waals surface area (Å²) in [5.41, 5.74) is 3.52. The molecular weight excluding hydrogens is 422 g/mol. The molecule has 0 heterocycles. The van der Waals surface area contributed by atoms with E-state index >= 15 is 0 Å². The van der Waals surface area contributed by atoms with E-state index < -0.39 is 10.8 Å². The first-order chi connectivity index (χ1) is 15.8. The lowest BCUT2D eigenvalue weighted by atomic mass is 9.39. The number of allylic oxidation sites excluding steroid dienone is 4. The molecule has 5 aliphatic rings. The van der Waals surface area contributed by atoms with Gasteiger partial charge in [0, 0.05) is 22.3 Å². The molecule has 3 N–H and O–H groups in total. The molecule has 0 aromatic heterocycles. The van der Waals surface area contributed by atoms with Gasteiger partial charge in [0.05, 0.1) is 5.57 Å². The van der Waals surface area contributed by atoms with Gasteiger partial charge in [0.1, 0.15) is 6.07 Å². The Morgan fingerprint density at radius 1 is 1.00 bits per heavy atom. The highest BCUT2D eigenvalue weighted by Crippen LogP contribution is 2.69.